The number of carbonyl (C=O) groups excluding carboxylic acids is 1. The number of hydrogen-bond acceptors (Lipinski definition) is 8. The third-order valence-electron chi connectivity index (χ3n) is 7.20. The molecule has 3 aromatic rings. The molecule has 2 aromatic carbocycles. The number of amides is 1. The predicted octanol–water partition coefficient (Wildman–Crippen LogP) is 5.78. The summed E-state index contributed by atoms with van der Waals surface area (Å²) in [6, 6.07) is 8.48. The van der Waals surface area contributed by atoms with Gasteiger partial charge in [-0.1, -0.05) is 24.0 Å². The van der Waals surface area contributed by atoms with Crippen LogP contribution in [-0.4, -0.2) is 95.7 Å². The minimum Gasteiger partial charge on any atom is -0.482 e. The number of nitrogens with one attached hydrogen (secondary N) is 2. The van der Waals surface area contributed by atoms with Gasteiger partial charge in [-0.3, -0.25) is 4.79 Å². The molecule has 1 aliphatic heterocycles. The van der Waals surface area contributed by atoms with Crippen molar-refractivity contribution in [2.45, 2.75) is 42.6 Å². The fraction of sp³-hybridized carbons (Fsp3) is 0.452. The number of carbonyl (C=O) groups is 1. The highest BCUT2D eigenvalue weighted by atomic mass is 32.2. The molecule has 1 aromatic heterocycles. The normalized spacial score (nSPS) is 14.6. The highest BCUT2D eigenvalue weighted by molar-refractivity contribution is 7.90. The van der Waals surface area contributed by atoms with Crippen LogP contribution < -0.4 is 15.4 Å². The molecule has 0 atom stereocenters. The Morgan fingerprint density at radius 3 is 2.38 bits per heavy atom. The van der Waals surface area contributed by atoms with E-state index in [4.69, 9.17) is 4.74 Å². The molecule has 1 saturated heterocycles. The van der Waals surface area contributed by atoms with E-state index in [1.807, 2.05) is 19.0 Å². The van der Waals surface area contributed by atoms with Crippen LogP contribution in [0.5, 0.6) is 5.75 Å². The zero-order chi connectivity index (χ0) is 34.6. The molecule has 1 fully saturated rings. The van der Waals surface area contributed by atoms with Crippen molar-refractivity contribution in [1.29, 1.82) is 0 Å². The molecule has 0 radical (unpaired) electrons. The summed E-state index contributed by atoms with van der Waals surface area (Å²) in [5, 5.41) is 6.62. The lowest BCUT2D eigenvalue weighted by Crippen LogP contribution is -2.45. The van der Waals surface area contributed by atoms with E-state index >= 15 is 0 Å². The second kappa shape index (κ2) is 14.6. The van der Waals surface area contributed by atoms with Gasteiger partial charge in [-0.25, -0.2) is 8.42 Å². The van der Waals surface area contributed by atoms with Gasteiger partial charge in [0.1, 0.15) is 5.75 Å². The topological polar surface area (TPSA) is 91.0 Å². The molecular formula is C31H34F6N4O4S2. The van der Waals surface area contributed by atoms with Gasteiger partial charge in [-0.2, -0.15) is 26.3 Å². The van der Waals surface area contributed by atoms with Crippen LogP contribution in [0, 0.1) is 11.8 Å². The number of ether oxygens (including phenoxy) is 1. The maximum Gasteiger partial charge on any atom is 0.422 e. The molecule has 0 bridgehead atoms. The molecule has 0 saturated carbocycles. The van der Waals surface area contributed by atoms with Gasteiger partial charge in [0.25, 0.3) is 0 Å². The second-order valence-corrected chi connectivity index (χ2v) is 14.4. The van der Waals surface area contributed by atoms with E-state index in [0.717, 1.165) is 23.7 Å². The Morgan fingerprint density at radius 1 is 1.06 bits per heavy atom. The fourth-order valence-corrected chi connectivity index (χ4v) is 6.85. The molecule has 0 spiro atoms. The first kappa shape index (κ1) is 36.2. The number of piperidine rings is 1. The van der Waals surface area contributed by atoms with E-state index in [0.29, 0.717) is 48.2 Å². The minimum atomic E-state index is -4.68. The molecule has 2 heterocycles. The Bertz CT molecular complexity index is 1750. The summed E-state index contributed by atoms with van der Waals surface area (Å²) in [5.74, 6) is 5.20. The summed E-state index contributed by atoms with van der Waals surface area (Å²) >= 11 is 1.11. The number of anilines is 2. The maximum absolute atomic E-state index is 13.7. The van der Waals surface area contributed by atoms with E-state index in [9.17, 15) is 39.6 Å². The third-order valence-corrected chi connectivity index (χ3v) is 9.50. The first-order valence-corrected chi connectivity index (χ1v) is 17.2. The number of likely N-dealkylation sites (N-methyl/N-ethyl adjacent to an activating group) is 1. The van der Waals surface area contributed by atoms with Gasteiger partial charge in [-0.15, -0.1) is 11.3 Å². The minimum absolute atomic E-state index is 0.0127. The summed E-state index contributed by atoms with van der Waals surface area (Å²) in [5.41, 5.74) is 0.714. The number of likely N-dealkylation sites (tertiary alicyclic amines) is 1. The molecule has 0 unspecified atom stereocenters. The fourth-order valence-electron chi connectivity index (χ4n) is 5.05. The van der Waals surface area contributed by atoms with E-state index in [1.54, 1.807) is 23.1 Å². The van der Waals surface area contributed by atoms with Gasteiger partial charge in [0, 0.05) is 31.5 Å². The van der Waals surface area contributed by atoms with E-state index in [2.05, 4.69) is 22.5 Å². The maximum atomic E-state index is 13.7. The SMILES string of the molecule is CN(C)CC(=O)N1CCC(Nc2cccc3c(CC(F)(F)F)c(C#CCNc4ccc(S(C)(=O)=O)cc4OCC(F)(F)F)sc23)CC1. The average Bonchev–Trinajstić information content (AvgIpc) is 3.30. The van der Waals surface area contributed by atoms with E-state index in [1.165, 1.54) is 12.1 Å². The van der Waals surface area contributed by atoms with Crippen LogP contribution in [0.1, 0.15) is 23.3 Å². The largest absolute Gasteiger partial charge is 0.482 e. The van der Waals surface area contributed by atoms with Crippen molar-refractivity contribution in [3.63, 3.8) is 0 Å². The molecule has 1 aliphatic rings. The van der Waals surface area contributed by atoms with Crippen LogP contribution >= 0.6 is 11.3 Å². The van der Waals surface area contributed by atoms with Gasteiger partial charge in [0.15, 0.2) is 16.4 Å². The smallest absolute Gasteiger partial charge is 0.422 e. The zero-order valence-corrected chi connectivity index (χ0v) is 27.4. The van der Waals surface area contributed by atoms with Crippen LogP contribution in [0.3, 0.4) is 0 Å². The van der Waals surface area contributed by atoms with Crippen LogP contribution in [0.4, 0.5) is 37.7 Å². The molecule has 16 heteroatoms. The standard InChI is InChI=1S/C31H34F6N4O4S2/c1-40(2)18-28(42)41-14-11-20(12-15-41)39-25-7-4-6-22-23(17-30(32,33)34)27(46-29(22)25)8-5-13-38-24-10-9-21(47(3,43)44)16-26(24)45-19-31(35,36)37/h4,6-7,9-10,16,20,38-39H,11-15,17-19H2,1-3H3. The van der Waals surface area contributed by atoms with Crippen LogP contribution in [0.15, 0.2) is 41.3 Å². The number of sulfone groups is 1. The van der Waals surface area contributed by atoms with Crippen molar-refractivity contribution in [2.75, 3.05) is 63.8 Å². The number of fused-ring (bicyclic) bond motifs is 1. The molecule has 4 rings (SSSR count). The number of thiophene rings is 1. The Hall–Kier alpha value is -3.68. The lowest BCUT2D eigenvalue weighted by molar-refractivity contribution is -0.153. The van der Waals surface area contributed by atoms with Crippen molar-refractivity contribution in [1.82, 2.24) is 9.80 Å². The number of halogens is 6. The molecule has 8 nitrogen and oxygen atoms in total. The van der Waals surface area contributed by atoms with Gasteiger partial charge < -0.3 is 25.2 Å². The molecule has 47 heavy (non-hydrogen) atoms. The van der Waals surface area contributed by atoms with Crippen molar-refractivity contribution in [3.05, 3.63) is 46.8 Å². The monoisotopic (exact) mass is 704 g/mol. The predicted molar refractivity (Wildman–Crippen MR) is 170 cm³/mol. The summed E-state index contributed by atoms with van der Waals surface area (Å²) < 4.78 is 109. The number of benzene rings is 2. The average molecular weight is 705 g/mol. The quantitative estimate of drug-likeness (QED) is 0.205. The Kier molecular flexibility index (Phi) is 11.2. The lowest BCUT2D eigenvalue weighted by Gasteiger charge is -2.33. The van der Waals surface area contributed by atoms with Crippen molar-refractivity contribution in [2.24, 2.45) is 0 Å². The highest BCUT2D eigenvalue weighted by Crippen LogP contribution is 2.39. The molecule has 256 valence electrons. The number of alkyl halides is 6. The van der Waals surface area contributed by atoms with Gasteiger partial charge in [0.05, 0.1) is 45.4 Å². The molecule has 1 amide bonds. The zero-order valence-electron chi connectivity index (χ0n) is 25.8. The number of hydrogen-bond donors (Lipinski definition) is 2. The first-order chi connectivity index (χ1) is 21.9. The van der Waals surface area contributed by atoms with Gasteiger partial charge in [-0.05, 0) is 56.1 Å². The first-order valence-electron chi connectivity index (χ1n) is 14.5. The van der Waals surface area contributed by atoms with Crippen molar-refractivity contribution < 1.29 is 44.3 Å². The summed E-state index contributed by atoms with van der Waals surface area (Å²) in [6.45, 7) is -0.401. The Balaban J connectivity index is 1.55. The Labute approximate surface area is 273 Å². The summed E-state index contributed by atoms with van der Waals surface area (Å²) in [6.07, 6.45) is -8.14. The van der Waals surface area contributed by atoms with Crippen LogP contribution in [0.2, 0.25) is 0 Å². The van der Waals surface area contributed by atoms with E-state index < -0.39 is 35.2 Å². The van der Waals surface area contributed by atoms with Gasteiger partial charge >= 0.3 is 12.4 Å². The second-order valence-electron chi connectivity index (χ2n) is 11.4. The van der Waals surface area contributed by atoms with Crippen LogP contribution in [-0.2, 0) is 21.1 Å². The number of rotatable bonds is 10. The Morgan fingerprint density at radius 2 is 1.77 bits per heavy atom. The highest BCUT2D eigenvalue weighted by Gasteiger charge is 2.32. The van der Waals surface area contributed by atoms with E-state index in [-0.39, 0.29) is 45.3 Å². The molecule has 2 N–H and O–H groups in total. The third kappa shape index (κ3) is 10.4. The van der Waals surface area contributed by atoms with Crippen molar-refractivity contribution >= 4 is 48.5 Å². The summed E-state index contributed by atoms with van der Waals surface area (Å²) in [7, 11) is -0.0942. The van der Waals surface area contributed by atoms with Gasteiger partial charge in [0.2, 0.25) is 5.91 Å². The molecule has 0 aliphatic carbocycles. The molecular weight excluding hydrogens is 670 g/mol. The summed E-state index contributed by atoms with van der Waals surface area (Å²) in [4.78, 5) is 16.0. The number of nitrogens with zero attached hydrogens (tertiary/aromatic N) is 2. The van der Waals surface area contributed by atoms with Crippen LogP contribution in [0.25, 0.3) is 10.1 Å². The lowest BCUT2D eigenvalue weighted by atomic mass is 10.0. The van der Waals surface area contributed by atoms with Crippen molar-refractivity contribution in [3.8, 4) is 17.6 Å².